The molecule has 3 aromatic rings. The van der Waals surface area contributed by atoms with E-state index in [2.05, 4.69) is 15.1 Å². The molecule has 0 aliphatic rings. The van der Waals surface area contributed by atoms with Crippen molar-refractivity contribution in [1.82, 2.24) is 19.6 Å². The first-order chi connectivity index (χ1) is 9.60. The van der Waals surface area contributed by atoms with Crippen molar-refractivity contribution in [1.29, 1.82) is 0 Å². The van der Waals surface area contributed by atoms with Crippen LogP contribution in [0.25, 0.3) is 16.8 Å². The summed E-state index contributed by atoms with van der Waals surface area (Å²) in [5.41, 5.74) is 1.58. The summed E-state index contributed by atoms with van der Waals surface area (Å²) in [7, 11) is 0. The van der Waals surface area contributed by atoms with E-state index in [4.69, 9.17) is 4.74 Å². The maximum absolute atomic E-state index is 11.9. The maximum atomic E-state index is 11.9. The second kappa shape index (κ2) is 4.44. The Hall–Kier alpha value is -2.70. The van der Waals surface area contributed by atoms with Gasteiger partial charge in [0, 0.05) is 0 Å². The van der Waals surface area contributed by atoms with Gasteiger partial charge in [0.15, 0.2) is 0 Å². The summed E-state index contributed by atoms with van der Waals surface area (Å²) in [5.74, 6) is -0.493. The van der Waals surface area contributed by atoms with Crippen molar-refractivity contribution in [2.75, 3.05) is 6.61 Å². The van der Waals surface area contributed by atoms with Crippen molar-refractivity contribution in [3.05, 3.63) is 39.8 Å². The Kier molecular flexibility index (Phi) is 2.74. The van der Waals surface area contributed by atoms with Gasteiger partial charge < -0.3 is 4.74 Å². The van der Waals surface area contributed by atoms with Gasteiger partial charge in [-0.25, -0.2) is 14.3 Å². The number of H-pyrrole nitrogens is 1. The second-order valence-electron chi connectivity index (χ2n) is 4.36. The summed E-state index contributed by atoms with van der Waals surface area (Å²) in [4.78, 5) is 31.8. The molecule has 3 rings (SSSR count). The summed E-state index contributed by atoms with van der Waals surface area (Å²) in [6.07, 6.45) is 0. The number of fused-ring (bicyclic) bond motifs is 3. The molecule has 102 valence electrons. The number of carbonyl (C=O) groups excluding carboxylic acids is 1. The lowest BCUT2D eigenvalue weighted by atomic mass is 10.2. The molecule has 0 bridgehead atoms. The number of ether oxygens (including phenoxy) is 1. The van der Waals surface area contributed by atoms with Gasteiger partial charge in [-0.3, -0.25) is 9.89 Å². The summed E-state index contributed by atoms with van der Waals surface area (Å²) in [6, 6.07) is 5.64. The van der Waals surface area contributed by atoms with Crippen LogP contribution in [-0.2, 0) is 4.74 Å². The molecule has 0 aliphatic heterocycles. The molecule has 0 amide bonds. The average molecular weight is 272 g/mol. The number of nitrogens with one attached hydrogen (secondary N) is 1. The van der Waals surface area contributed by atoms with E-state index >= 15 is 0 Å². The van der Waals surface area contributed by atoms with Crippen LogP contribution in [0.5, 0.6) is 0 Å². The molecule has 0 atom stereocenters. The Morgan fingerprint density at radius 2 is 2.20 bits per heavy atom. The number of esters is 1. The lowest BCUT2D eigenvalue weighted by Gasteiger charge is -2.01. The molecule has 0 unspecified atom stereocenters. The molecule has 1 aromatic carbocycles. The van der Waals surface area contributed by atoms with E-state index < -0.39 is 11.5 Å². The van der Waals surface area contributed by atoms with Crippen molar-refractivity contribution in [3.8, 4) is 0 Å². The van der Waals surface area contributed by atoms with Gasteiger partial charge in [-0.1, -0.05) is 6.07 Å². The van der Waals surface area contributed by atoms with Gasteiger partial charge in [0.05, 0.1) is 17.6 Å². The van der Waals surface area contributed by atoms with E-state index in [0.717, 1.165) is 11.1 Å². The van der Waals surface area contributed by atoms with Crippen LogP contribution >= 0.6 is 0 Å². The minimum absolute atomic E-state index is 0.181. The van der Waals surface area contributed by atoms with Gasteiger partial charge in [0.1, 0.15) is 0 Å². The third-order valence-electron chi connectivity index (χ3n) is 2.90. The van der Waals surface area contributed by atoms with Crippen LogP contribution < -0.4 is 5.56 Å². The Labute approximate surface area is 113 Å². The molecule has 2 aromatic heterocycles. The summed E-state index contributed by atoms with van der Waals surface area (Å²) in [6.45, 7) is 3.79. The third kappa shape index (κ3) is 1.83. The van der Waals surface area contributed by atoms with Gasteiger partial charge in [0.25, 0.3) is 11.3 Å². The van der Waals surface area contributed by atoms with E-state index in [1.54, 1.807) is 6.92 Å². The van der Waals surface area contributed by atoms with Crippen LogP contribution in [0.2, 0.25) is 0 Å². The van der Waals surface area contributed by atoms with Crippen LogP contribution in [0.4, 0.5) is 0 Å². The number of aromatic amines is 1. The minimum atomic E-state index is -0.750. The fourth-order valence-corrected chi connectivity index (χ4v) is 2.00. The molecule has 7 heteroatoms. The number of imidazole rings is 1. The standard InChI is InChI=1S/C13H12N4O3/c1-3-20-12(19)10-11(18)16-17-9-6-7(2)4-5-8(9)14-13(17)15-10/h4-6H,3H2,1-2H3,(H,16,18). The summed E-state index contributed by atoms with van der Waals surface area (Å²) < 4.78 is 6.26. The van der Waals surface area contributed by atoms with Crippen LogP contribution in [-0.4, -0.2) is 32.2 Å². The molecular formula is C13H12N4O3. The number of rotatable bonds is 2. The highest BCUT2D eigenvalue weighted by atomic mass is 16.5. The van der Waals surface area contributed by atoms with E-state index in [0.29, 0.717) is 5.52 Å². The molecule has 7 nitrogen and oxygen atoms in total. The Balaban J connectivity index is 2.29. The summed E-state index contributed by atoms with van der Waals surface area (Å²) in [5, 5.41) is 2.58. The highest BCUT2D eigenvalue weighted by molar-refractivity contribution is 5.88. The number of hydrogen-bond acceptors (Lipinski definition) is 5. The highest BCUT2D eigenvalue weighted by Gasteiger charge is 2.17. The zero-order valence-electron chi connectivity index (χ0n) is 11.0. The predicted molar refractivity (Wildman–Crippen MR) is 71.8 cm³/mol. The molecule has 0 fully saturated rings. The third-order valence-corrected chi connectivity index (χ3v) is 2.90. The number of aromatic nitrogens is 4. The molecule has 0 saturated heterocycles. The lowest BCUT2D eigenvalue weighted by molar-refractivity contribution is 0.0517. The molecule has 1 N–H and O–H groups in total. The fraction of sp³-hybridized carbons (Fsp3) is 0.231. The summed E-state index contributed by atoms with van der Waals surface area (Å²) >= 11 is 0. The molecule has 0 spiro atoms. The van der Waals surface area contributed by atoms with E-state index in [-0.39, 0.29) is 18.1 Å². The monoisotopic (exact) mass is 272 g/mol. The van der Waals surface area contributed by atoms with Crippen molar-refractivity contribution in [3.63, 3.8) is 0 Å². The van der Waals surface area contributed by atoms with Crippen LogP contribution in [0.3, 0.4) is 0 Å². The van der Waals surface area contributed by atoms with Gasteiger partial charge >= 0.3 is 5.97 Å². The Morgan fingerprint density at radius 3 is 2.95 bits per heavy atom. The lowest BCUT2D eigenvalue weighted by Crippen LogP contribution is -2.24. The smallest absolute Gasteiger partial charge is 0.362 e. The van der Waals surface area contributed by atoms with Gasteiger partial charge in [0.2, 0.25) is 5.69 Å². The average Bonchev–Trinajstić information content (AvgIpc) is 2.75. The Morgan fingerprint density at radius 1 is 1.40 bits per heavy atom. The number of carbonyl (C=O) groups is 1. The Bertz CT molecular complexity index is 878. The first kappa shape index (κ1) is 12.3. The SMILES string of the molecule is CCOC(=O)c1nc2nc3ccc(C)cc3n2[nH]c1=O. The van der Waals surface area contributed by atoms with Crippen molar-refractivity contribution in [2.45, 2.75) is 13.8 Å². The van der Waals surface area contributed by atoms with Crippen LogP contribution in [0, 0.1) is 6.92 Å². The second-order valence-corrected chi connectivity index (χ2v) is 4.36. The van der Waals surface area contributed by atoms with Crippen molar-refractivity contribution < 1.29 is 9.53 Å². The number of hydrogen-bond donors (Lipinski definition) is 1. The van der Waals surface area contributed by atoms with Gasteiger partial charge in [-0.05, 0) is 31.5 Å². The molecule has 0 saturated carbocycles. The first-order valence-corrected chi connectivity index (χ1v) is 6.16. The van der Waals surface area contributed by atoms with Crippen molar-refractivity contribution in [2.24, 2.45) is 0 Å². The van der Waals surface area contributed by atoms with Crippen molar-refractivity contribution >= 4 is 22.8 Å². The van der Waals surface area contributed by atoms with Crippen LogP contribution in [0.15, 0.2) is 23.0 Å². The van der Waals surface area contributed by atoms with E-state index in [9.17, 15) is 9.59 Å². The first-order valence-electron chi connectivity index (χ1n) is 6.16. The topological polar surface area (TPSA) is 89.3 Å². The molecule has 0 radical (unpaired) electrons. The van der Waals surface area contributed by atoms with Gasteiger partial charge in [-0.2, -0.15) is 4.98 Å². The zero-order chi connectivity index (χ0) is 14.3. The minimum Gasteiger partial charge on any atom is -0.461 e. The molecule has 20 heavy (non-hydrogen) atoms. The quantitative estimate of drug-likeness (QED) is 0.704. The number of benzene rings is 1. The maximum Gasteiger partial charge on any atom is 0.362 e. The number of nitrogens with zero attached hydrogens (tertiary/aromatic N) is 3. The molecule has 0 aliphatic carbocycles. The largest absolute Gasteiger partial charge is 0.461 e. The van der Waals surface area contributed by atoms with E-state index in [1.807, 2.05) is 25.1 Å². The normalized spacial score (nSPS) is 11.1. The zero-order valence-corrected chi connectivity index (χ0v) is 11.0. The molecule has 2 heterocycles. The predicted octanol–water partition coefficient (Wildman–Crippen LogP) is 1.06. The van der Waals surface area contributed by atoms with Gasteiger partial charge in [-0.15, -0.1) is 0 Å². The van der Waals surface area contributed by atoms with E-state index in [1.165, 1.54) is 4.52 Å². The van der Waals surface area contributed by atoms with Crippen LogP contribution in [0.1, 0.15) is 23.0 Å². The highest BCUT2D eigenvalue weighted by Crippen LogP contribution is 2.15. The number of aryl methyl sites for hydroxylation is 1. The fourth-order valence-electron chi connectivity index (χ4n) is 2.00. The molecular weight excluding hydrogens is 260 g/mol.